The highest BCUT2D eigenvalue weighted by atomic mass is 19.1. The Balaban J connectivity index is 1.87. The molecule has 1 aliphatic heterocycles. The van der Waals surface area contributed by atoms with E-state index in [0.717, 1.165) is 31.0 Å². The van der Waals surface area contributed by atoms with Crippen LogP contribution in [0.5, 0.6) is 0 Å². The van der Waals surface area contributed by atoms with Crippen molar-refractivity contribution >= 4 is 11.4 Å². The third-order valence-corrected chi connectivity index (χ3v) is 3.46. The molecule has 2 atom stereocenters. The van der Waals surface area contributed by atoms with Crippen molar-refractivity contribution in [2.45, 2.75) is 6.42 Å². The van der Waals surface area contributed by atoms with Crippen LogP contribution in [0.2, 0.25) is 0 Å². The Kier molecular flexibility index (Phi) is 1.89. The van der Waals surface area contributed by atoms with Crippen molar-refractivity contribution in [3.8, 4) is 0 Å². The summed E-state index contributed by atoms with van der Waals surface area (Å²) in [4.78, 5) is 11.9. The van der Waals surface area contributed by atoms with Gasteiger partial charge < -0.3 is 4.90 Å². The lowest BCUT2D eigenvalue weighted by atomic mass is 10.2. The third kappa shape index (κ3) is 1.43. The minimum absolute atomic E-state index is 0.189. The number of nitrogens with zero attached hydrogens (tertiary/aromatic N) is 2. The molecule has 1 heterocycles. The van der Waals surface area contributed by atoms with Gasteiger partial charge in [0.25, 0.3) is 5.69 Å². The van der Waals surface area contributed by atoms with E-state index in [-0.39, 0.29) is 5.69 Å². The number of benzene rings is 1. The Morgan fingerprint density at radius 3 is 2.62 bits per heavy atom. The predicted molar refractivity (Wildman–Crippen MR) is 56.9 cm³/mol. The van der Waals surface area contributed by atoms with E-state index in [4.69, 9.17) is 0 Å². The van der Waals surface area contributed by atoms with Crippen molar-refractivity contribution < 1.29 is 9.31 Å². The lowest BCUT2D eigenvalue weighted by molar-refractivity contribution is -0.385. The first kappa shape index (κ1) is 9.57. The summed E-state index contributed by atoms with van der Waals surface area (Å²) in [6.07, 6.45) is 1.26. The Bertz CT molecular complexity index is 453. The van der Waals surface area contributed by atoms with Crippen LogP contribution in [0.1, 0.15) is 6.42 Å². The average molecular weight is 222 g/mol. The van der Waals surface area contributed by atoms with Gasteiger partial charge in [-0.3, -0.25) is 10.1 Å². The molecule has 1 aromatic rings. The molecule has 84 valence electrons. The number of hydrogen-bond donors (Lipinski definition) is 0. The number of non-ortho nitro benzene ring substituents is 1. The highest BCUT2D eigenvalue weighted by Gasteiger charge is 2.45. The van der Waals surface area contributed by atoms with Crippen molar-refractivity contribution in [3.63, 3.8) is 0 Å². The van der Waals surface area contributed by atoms with Gasteiger partial charge in [-0.2, -0.15) is 0 Å². The topological polar surface area (TPSA) is 46.4 Å². The zero-order chi connectivity index (χ0) is 11.3. The molecule has 1 saturated heterocycles. The monoisotopic (exact) mass is 222 g/mol. The fourth-order valence-electron chi connectivity index (χ4n) is 2.46. The van der Waals surface area contributed by atoms with Gasteiger partial charge in [0, 0.05) is 19.2 Å². The molecule has 1 aliphatic carbocycles. The highest BCUT2D eigenvalue weighted by molar-refractivity contribution is 5.53. The molecule has 2 aliphatic rings. The lowest BCUT2D eigenvalue weighted by Crippen LogP contribution is -2.22. The Hall–Kier alpha value is -1.65. The van der Waals surface area contributed by atoms with Crippen molar-refractivity contribution in [2.24, 2.45) is 11.8 Å². The van der Waals surface area contributed by atoms with E-state index >= 15 is 0 Å². The first-order valence-electron chi connectivity index (χ1n) is 5.34. The van der Waals surface area contributed by atoms with Crippen LogP contribution in [0.4, 0.5) is 15.8 Å². The molecule has 16 heavy (non-hydrogen) atoms. The number of halogens is 1. The molecule has 0 bridgehead atoms. The first-order valence-corrected chi connectivity index (χ1v) is 5.34. The van der Waals surface area contributed by atoms with E-state index in [1.54, 1.807) is 0 Å². The summed E-state index contributed by atoms with van der Waals surface area (Å²) in [6.45, 7) is 1.78. The largest absolute Gasteiger partial charge is 0.369 e. The Labute approximate surface area is 91.8 Å². The number of nitro groups is 1. The van der Waals surface area contributed by atoms with Crippen LogP contribution in [0, 0.1) is 27.8 Å². The summed E-state index contributed by atoms with van der Waals surface area (Å²) in [6, 6.07) is 3.87. The number of rotatable bonds is 2. The molecular formula is C11H11FN2O2. The maximum Gasteiger partial charge on any atom is 0.272 e. The second-order valence-corrected chi connectivity index (χ2v) is 4.55. The smallest absolute Gasteiger partial charge is 0.272 e. The summed E-state index contributed by atoms with van der Waals surface area (Å²) < 4.78 is 13.7. The molecule has 1 saturated carbocycles. The molecule has 3 rings (SSSR count). The number of hydrogen-bond acceptors (Lipinski definition) is 3. The van der Waals surface area contributed by atoms with Gasteiger partial charge >= 0.3 is 0 Å². The van der Waals surface area contributed by atoms with Crippen molar-refractivity contribution in [1.29, 1.82) is 0 Å². The molecule has 1 aromatic carbocycles. The molecule has 2 unspecified atom stereocenters. The standard InChI is InChI=1S/C11H11FN2O2/c12-10-4-9(14(15)16)1-2-11(10)13-5-7-3-8(7)6-13/h1-2,4,7-8H,3,5-6H2. The molecule has 0 N–H and O–H groups in total. The van der Waals surface area contributed by atoms with Crippen LogP contribution in [0.15, 0.2) is 18.2 Å². The quantitative estimate of drug-likeness (QED) is 0.569. The van der Waals surface area contributed by atoms with E-state index in [0.29, 0.717) is 5.69 Å². The van der Waals surface area contributed by atoms with Gasteiger partial charge in [-0.15, -0.1) is 0 Å². The second kappa shape index (κ2) is 3.17. The van der Waals surface area contributed by atoms with Gasteiger partial charge in [0.1, 0.15) is 0 Å². The van der Waals surface area contributed by atoms with E-state index in [1.165, 1.54) is 18.6 Å². The zero-order valence-corrected chi connectivity index (χ0v) is 8.60. The average Bonchev–Trinajstić information content (AvgIpc) is 2.85. The second-order valence-electron chi connectivity index (χ2n) is 4.55. The fourth-order valence-corrected chi connectivity index (χ4v) is 2.46. The number of anilines is 1. The van der Waals surface area contributed by atoms with Gasteiger partial charge in [-0.05, 0) is 24.3 Å². The molecule has 0 radical (unpaired) electrons. The lowest BCUT2D eigenvalue weighted by Gasteiger charge is -2.20. The van der Waals surface area contributed by atoms with Crippen molar-refractivity contribution in [1.82, 2.24) is 0 Å². The summed E-state index contributed by atoms with van der Waals surface area (Å²) in [7, 11) is 0. The van der Waals surface area contributed by atoms with Gasteiger partial charge in [-0.1, -0.05) is 0 Å². The van der Waals surface area contributed by atoms with E-state index < -0.39 is 10.7 Å². The van der Waals surface area contributed by atoms with E-state index in [2.05, 4.69) is 0 Å². The van der Waals surface area contributed by atoms with Gasteiger partial charge in [-0.25, -0.2) is 4.39 Å². The van der Waals surface area contributed by atoms with E-state index in [1.807, 2.05) is 4.90 Å². The van der Waals surface area contributed by atoms with Crippen LogP contribution >= 0.6 is 0 Å². The van der Waals surface area contributed by atoms with Crippen molar-refractivity contribution in [3.05, 3.63) is 34.1 Å². The summed E-state index contributed by atoms with van der Waals surface area (Å²) in [5.41, 5.74) is 0.309. The highest BCUT2D eigenvalue weighted by Crippen LogP contribution is 2.46. The van der Waals surface area contributed by atoms with Crippen LogP contribution in [0.25, 0.3) is 0 Å². The third-order valence-electron chi connectivity index (χ3n) is 3.46. The zero-order valence-electron chi connectivity index (χ0n) is 8.60. The van der Waals surface area contributed by atoms with Crippen LogP contribution in [-0.4, -0.2) is 18.0 Å². The molecule has 2 fully saturated rings. The minimum atomic E-state index is -0.575. The predicted octanol–water partition coefficient (Wildman–Crippen LogP) is 2.19. The number of fused-ring (bicyclic) bond motifs is 1. The molecule has 5 heteroatoms. The molecule has 4 nitrogen and oxygen atoms in total. The van der Waals surface area contributed by atoms with Crippen LogP contribution < -0.4 is 4.90 Å². The maximum atomic E-state index is 13.7. The maximum absolute atomic E-state index is 13.7. The molecule has 0 spiro atoms. The van der Waals surface area contributed by atoms with Gasteiger partial charge in [0.2, 0.25) is 0 Å². The van der Waals surface area contributed by atoms with Gasteiger partial charge in [0.05, 0.1) is 16.7 Å². The summed E-state index contributed by atoms with van der Waals surface area (Å²) in [5, 5.41) is 10.5. The summed E-state index contributed by atoms with van der Waals surface area (Å²) in [5.74, 6) is 0.944. The van der Waals surface area contributed by atoms with Crippen LogP contribution in [0.3, 0.4) is 0 Å². The Morgan fingerprint density at radius 1 is 1.38 bits per heavy atom. The first-order chi connectivity index (χ1) is 7.65. The fraction of sp³-hybridized carbons (Fsp3) is 0.455. The normalized spacial score (nSPS) is 26.7. The molecule has 0 amide bonds. The van der Waals surface area contributed by atoms with Crippen LogP contribution in [-0.2, 0) is 0 Å². The van der Waals surface area contributed by atoms with E-state index in [9.17, 15) is 14.5 Å². The molecular weight excluding hydrogens is 211 g/mol. The van der Waals surface area contributed by atoms with Crippen molar-refractivity contribution in [2.75, 3.05) is 18.0 Å². The SMILES string of the molecule is O=[N+]([O-])c1ccc(N2CC3CC3C2)c(F)c1. The molecule has 0 aromatic heterocycles. The minimum Gasteiger partial charge on any atom is -0.369 e. The number of nitro benzene ring substituents is 1. The Morgan fingerprint density at radius 2 is 2.06 bits per heavy atom. The number of piperidine rings is 1. The summed E-state index contributed by atoms with van der Waals surface area (Å²) >= 11 is 0. The van der Waals surface area contributed by atoms with Gasteiger partial charge in [0.15, 0.2) is 5.82 Å².